The average Bonchev–Trinajstić information content (AvgIpc) is 3.17. The molecule has 2 aromatic heterocycles. The fourth-order valence-corrected chi connectivity index (χ4v) is 3.23. The number of carbonyl (C=O) groups is 1. The molecule has 0 radical (unpaired) electrons. The molecule has 0 unspecified atom stereocenters. The highest BCUT2D eigenvalue weighted by Gasteiger charge is 2.10. The summed E-state index contributed by atoms with van der Waals surface area (Å²) in [6.45, 7) is 2.81. The minimum atomic E-state index is -0.260. The smallest absolute Gasteiger partial charge is 0.270 e. The quantitative estimate of drug-likeness (QED) is 0.643. The highest BCUT2D eigenvalue weighted by molar-refractivity contribution is 7.13. The Labute approximate surface area is 161 Å². The van der Waals surface area contributed by atoms with Gasteiger partial charge in [-0.15, -0.1) is 11.3 Å². The van der Waals surface area contributed by atoms with E-state index in [4.69, 9.17) is 9.47 Å². The molecule has 0 aliphatic carbocycles. The maximum absolute atomic E-state index is 12.2. The van der Waals surface area contributed by atoms with Crippen LogP contribution in [0.1, 0.15) is 23.1 Å². The second-order valence-electron chi connectivity index (χ2n) is 5.55. The lowest BCUT2D eigenvalue weighted by molar-refractivity contribution is 0.0948. The van der Waals surface area contributed by atoms with Crippen LogP contribution in [0.2, 0.25) is 0 Å². The van der Waals surface area contributed by atoms with Crippen LogP contribution in [0.4, 0.5) is 0 Å². The predicted molar refractivity (Wildman–Crippen MR) is 103 cm³/mol. The van der Waals surface area contributed by atoms with Gasteiger partial charge >= 0.3 is 0 Å². The molecule has 1 amide bonds. The number of nitrogens with zero attached hydrogens (tertiary/aromatic N) is 3. The van der Waals surface area contributed by atoms with Crippen LogP contribution < -0.4 is 14.8 Å². The van der Waals surface area contributed by atoms with Crippen LogP contribution >= 0.6 is 11.3 Å². The molecule has 0 aliphatic rings. The van der Waals surface area contributed by atoms with E-state index in [9.17, 15) is 4.79 Å². The summed E-state index contributed by atoms with van der Waals surface area (Å²) in [4.78, 5) is 24.7. The van der Waals surface area contributed by atoms with E-state index in [1.165, 1.54) is 12.4 Å². The van der Waals surface area contributed by atoms with Gasteiger partial charge in [-0.05, 0) is 31.2 Å². The summed E-state index contributed by atoms with van der Waals surface area (Å²) in [5, 5.41) is 5.79. The third kappa shape index (κ3) is 5.01. The van der Waals surface area contributed by atoms with E-state index in [0.29, 0.717) is 25.5 Å². The Kier molecular flexibility index (Phi) is 6.32. The van der Waals surface area contributed by atoms with Gasteiger partial charge in [0.15, 0.2) is 0 Å². The largest absolute Gasteiger partial charge is 0.497 e. The molecule has 2 heterocycles. The molecular weight excluding hydrogens is 364 g/mol. The Morgan fingerprint density at radius 3 is 2.78 bits per heavy atom. The van der Waals surface area contributed by atoms with Gasteiger partial charge in [0.1, 0.15) is 22.8 Å². The summed E-state index contributed by atoms with van der Waals surface area (Å²) in [7, 11) is 1.64. The average molecular weight is 384 g/mol. The molecule has 0 saturated heterocycles. The number of benzene rings is 1. The number of methoxy groups -OCH3 is 1. The van der Waals surface area contributed by atoms with Crippen LogP contribution in [0.25, 0.3) is 10.6 Å². The maximum atomic E-state index is 12.2. The first-order valence-electron chi connectivity index (χ1n) is 8.51. The second-order valence-corrected chi connectivity index (χ2v) is 6.41. The lowest BCUT2D eigenvalue weighted by Crippen LogP contribution is -2.26. The molecule has 0 saturated carbocycles. The Morgan fingerprint density at radius 1 is 1.22 bits per heavy atom. The minimum absolute atomic E-state index is 0.260. The van der Waals surface area contributed by atoms with E-state index < -0.39 is 0 Å². The molecule has 140 valence electrons. The number of nitrogens with one attached hydrogen (secondary N) is 1. The summed E-state index contributed by atoms with van der Waals surface area (Å²) in [6.07, 6.45) is 1.96. The Bertz CT molecular complexity index is 896. The summed E-state index contributed by atoms with van der Waals surface area (Å²) in [5.41, 5.74) is 2.26. The van der Waals surface area contributed by atoms with Crippen LogP contribution in [0.15, 0.2) is 42.0 Å². The molecule has 7 nitrogen and oxygen atoms in total. The fraction of sp³-hybridized carbons (Fsp3) is 0.263. The molecule has 8 heteroatoms. The normalized spacial score (nSPS) is 10.4. The fourth-order valence-electron chi connectivity index (χ4n) is 2.37. The number of carbonyl (C=O) groups excluding carboxylic acids is 1. The Morgan fingerprint density at radius 2 is 2.04 bits per heavy atom. The number of thiazole rings is 1. The van der Waals surface area contributed by atoms with Crippen molar-refractivity contribution in [1.82, 2.24) is 20.3 Å². The number of rotatable bonds is 8. The third-order valence-electron chi connectivity index (χ3n) is 3.72. The van der Waals surface area contributed by atoms with E-state index in [2.05, 4.69) is 20.3 Å². The zero-order chi connectivity index (χ0) is 19.1. The first-order valence-corrected chi connectivity index (χ1v) is 9.39. The molecule has 0 fully saturated rings. The molecule has 0 aliphatic heterocycles. The zero-order valence-corrected chi connectivity index (χ0v) is 16.0. The van der Waals surface area contributed by atoms with Gasteiger partial charge in [0.25, 0.3) is 5.91 Å². The van der Waals surface area contributed by atoms with Crippen LogP contribution in [0.3, 0.4) is 0 Å². The SMILES string of the molecule is CCOc1cc(C(=O)NCCc2csc(-c3ccc(OC)cc3)n2)ncn1. The number of hydrogen-bond donors (Lipinski definition) is 1. The van der Waals surface area contributed by atoms with Crippen molar-refractivity contribution in [2.24, 2.45) is 0 Å². The summed E-state index contributed by atoms with van der Waals surface area (Å²) >= 11 is 1.58. The summed E-state index contributed by atoms with van der Waals surface area (Å²) in [6, 6.07) is 9.32. The summed E-state index contributed by atoms with van der Waals surface area (Å²) in [5.74, 6) is 0.945. The van der Waals surface area contributed by atoms with E-state index >= 15 is 0 Å². The third-order valence-corrected chi connectivity index (χ3v) is 4.66. The van der Waals surface area contributed by atoms with Crippen LogP contribution in [0.5, 0.6) is 11.6 Å². The molecule has 1 aromatic carbocycles. The topological polar surface area (TPSA) is 86.2 Å². The Hall–Kier alpha value is -3.00. The van der Waals surface area contributed by atoms with Gasteiger partial charge in [-0.2, -0.15) is 0 Å². The maximum Gasteiger partial charge on any atom is 0.270 e. The molecule has 27 heavy (non-hydrogen) atoms. The van der Waals surface area contributed by atoms with Crippen molar-refractivity contribution in [2.75, 3.05) is 20.3 Å². The Balaban J connectivity index is 1.54. The minimum Gasteiger partial charge on any atom is -0.497 e. The summed E-state index contributed by atoms with van der Waals surface area (Å²) < 4.78 is 10.5. The van der Waals surface area contributed by atoms with Crippen molar-refractivity contribution in [3.63, 3.8) is 0 Å². The van der Waals surface area contributed by atoms with Crippen molar-refractivity contribution < 1.29 is 14.3 Å². The van der Waals surface area contributed by atoms with Gasteiger partial charge in [0, 0.05) is 30.0 Å². The number of amides is 1. The molecule has 0 bridgehead atoms. The van der Waals surface area contributed by atoms with Crippen molar-refractivity contribution in [3.05, 3.63) is 53.4 Å². The van der Waals surface area contributed by atoms with Crippen molar-refractivity contribution in [1.29, 1.82) is 0 Å². The van der Waals surface area contributed by atoms with Crippen LogP contribution in [0, 0.1) is 0 Å². The van der Waals surface area contributed by atoms with Gasteiger partial charge in [-0.25, -0.2) is 15.0 Å². The molecule has 0 atom stereocenters. The molecule has 3 rings (SSSR count). The van der Waals surface area contributed by atoms with Gasteiger partial charge in [0.2, 0.25) is 5.88 Å². The number of ether oxygens (including phenoxy) is 2. The van der Waals surface area contributed by atoms with Crippen molar-refractivity contribution >= 4 is 17.2 Å². The molecular formula is C19H20N4O3S. The second kappa shape index (κ2) is 9.09. The highest BCUT2D eigenvalue weighted by Crippen LogP contribution is 2.25. The lowest BCUT2D eigenvalue weighted by atomic mass is 10.2. The first-order chi connectivity index (χ1) is 13.2. The van der Waals surface area contributed by atoms with E-state index in [1.54, 1.807) is 18.4 Å². The number of aromatic nitrogens is 3. The van der Waals surface area contributed by atoms with E-state index in [1.807, 2.05) is 36.6 Å². The number of hydrogen-bond acceptors (Lipinski definition) is 7. The van der Waals surface area contributed by atoms with Gasteiger partial charge in [-0.1, -0.05) is 0 Å². The predicted octanol–water partition coefficient (Wildman–Crippen LogP) is 2.98. The first kappa shape index (κ1) is 18.8. The van der Waals surface area contributed by atoms with E-state index in [-0.39, 0.29) is 11.6 Å². The molecule has 3 aromatic rings. The van der Waals surface area contributed by atoms with E-state index in [0.717, 1.165) is 22.0 Å². The highest BCUT2D eigenvalue weighted by atomic mass is 32.1. The molecule has 0 spiro atoms. The zero-order valence-electron chi connectivity index (χ0n) is 15.1. The van der Waals surface area contributed by atoms with Gasteiger partial charge in [0.05, 0.1) is 19.4 Å². The van der Waals surface area contributed by atoms with Crippen molar-refractivity contribution in [2.45, 2.75) is 13.3 Å². The monoisotopic (exact) mass is 384 g/mol. The standard InChI is InChI=1S/C19H20N4O3S/c1-3-26-17-10-16(21-12-22-17)18(24)20-9-8-14-11-27-19(23-14)13-4-6-15(25-2)7-5-13/h4-7,10-12H,3,8-9H2,1-2H3,(H,20,24). The van der Waals surface area contributed by atoms with Gasteiger partial charge in [-0.3, -0.25) is 4.79 Å². The van der Waals surface area contributed by atoms with Crippen LogP contribution in [-0.2, 0) is 6.42 Å². The van der Waals surface area contributed by atoms with Crippen molar-refractivity contribution in [3.8, 4) is 22.2 Å². The van der Waals surface area contributed by atoms with Gasteiger partial charge < -0.3 is 14.8 Å². The van der Waals surface area contributed by atoms with Crippen LogP contribution in [-0.4, -0.2) is 41.1 Å². The molecule has 1 N–H and O–H groups in total. The lowest BCUT2D eigenvalue weighted by Gasteiger charge is -2.05.